The molecule has 0 aromatic heterocycles. The van der Waals surface area contributed by atoms with E-state index in [9.17, 15) is 4.79 Å². The van der Waals surface area contributed by atoms with Gasteiger partial charge in [0.05, 0.1) is 0 Å². The van der Waals surface area contributed by atoms with Gasteiger partial charge in [0.15, 0.2) is 0 Å². The fraction of sp³-hybridized carbons (Fsp3) is 0.929. The third kappa shape index (κ3) is 5.57. The molecule has 0 heterocycles. The van der Waals surface area contributed by atoms with Crippen LogP contribution in [-0.4, -0.2) is 18.5 Å². The van der Waals surface area contributed by atoms with E-state index in [4.69, 9.17) is 5.73 Å². The molecule has 2 unspecified atom stereocenters. The van der Waals surface area contributed by atoms with Crippen molar-refractivity contribution < 1.29 is 4.79 Å². The van der Waals surface area contributed by atoms with Crippen molar-refractivity contribution in [2.45, 2.75) is 58.9 Å². The molecule has 1 rings (SSSR count). The zero-order valence-corrected chi connectivity index (χ0v) is 12.8. The van der Waals surface area contributed by atoms with Gasteiger partial charge >= 0.3 is 0 Å². The van der Waals surface area contributed by atoms with Crippen LogP contribution < -0.4 is 11.1 Å². The zero-order valence-electron chi connectivity index (χ0n) is 11.9. The summed E-state index contributed by atoms with van der Waals surface area (Å²) in [4.78, 5) is 11.8. The quantitative estimate of drug-likeness (QED) is 0.811. The van der Waals surface area contributed by atoms with Gasteiger partial charge in [0.2, 0.25) is 5.91 Å². The predicted octanol–water partition coefficient (Wildman–Crippen LogP) is 2.72. The third-order valence-corrected chi connectivity index (χ3v) is 4.31. The SMILES string of the molecule is CCC1CCC(CNC(=O)C(C)C(C)N)CC1.Cl. The van der Waals surface area contributed by atoms with Gasteiger partial charge in [-0.2, -0.15) is 0 Å². The molecule has 4 heteroatoms. The molecule has 3 nitrogen and oxygen atoms in total. The van der Waals surface area contributed by atoms with E-state index in [0.717, 1.165) is 12.5 Å². The average molecular weight is 277 g/mol. The summed E-state index contributed by atoms with van der Waals surface area (Å²) in [7, 11) is 0. The topological polar surface area (TPSA) is 55.1 Å². The lowest BCUT2D eigenvalue weighted by Crippen LogP contribution is -2.40. The minimum absolute atomic E-state index is 0. The molecule has 0 bridgehead atoms. The fourth-order valence-corrected chi connectivity index (χ4v) is 2.49. The lowest BCUT2D eigenvalue weighted by atomic mass is 9.81. The first-order valence-electron chi connectivity index (χ1n) is 7.07. The highest BCUT2D eigenvalue weighted by molar-refractivity contribution is 5.85. The molecule has 2 atom stereocenters. The summed E-state index contributed by atoms with van der Waals surface area (Å²) >= 11 is 0. The minimum atomic E-state index is -0.0815. The predicted molar refractivity (Wildman–Crippen MR) is 78.8 cm³/mol. The van der Waals surface area contributed by atoms with Crippen molar-refractivity contribution in [1.29, 1.82) is 0 Å². The van der Waals surface area contributed by atoms with Crippen molar-refractivity contribution in [2.75, 3.05) is 6.54 Å². The van der Waals surface area contributed by atoms with Gasteiger partial charge in [-0.25, -0.2) is 0 Å². The molecule has 18 heavy (non-hydrogen) atoms. The first kappa shape index (κ1) is 17.7. The van der Waals surface area contributed by atoms with Crippen molar-refractivity contribution in [1.82, 2.24) is 5.32 Å². The molecule has 1 amide bonds. The summed E-state index contributed by atoms with van der Waals surface area (Å²) in [5.41, 5.74) is 5.72. The molecule has 1 saturated carbocycles. The minimum Gasteiger partial charge on any atom is -0.356 e. The molecule has 3 N–H and O–H groups in total. The molecular weight excluding hydrogens is 248 g/mol. The molecule has 0 aromatic rings. The van der Waals surface area contributed by atoms with E-state index >= 15 is 0 Å². The summed E-state index contributed by atoms with van der Waals surface area (Å²) in [6, 6.07) is -0.0640. The molecule has 1 aliphatic carbocycles. The molecule has 0 aliphatic heterocycles. The molecular formula is C14H29ClN2O. The molecule has 108 valence electrons. The maximum absolute atomic E-state index is 11.8. The van der Waals surface area contributed by atoms with Crippen LogP contribution in [0.1, 0.15) is 52.9 Å². The number of hydrogen-bond acceptors (Lipinski definition) is 2. The van der Waals surface area contributed by atoms with E-state index in [1.807, 2.05) is 13.8 Å². The largest absolute Gasteiger partial charge is 0.356 e. The van der Waals surface area contributed by atoms with Gasteiger partial charge in [0, 0.05) is 18.5 Å². The van der Waals surface area contributed by atoms with E-state index in [1.54, 1.807) is 0 Å². The molecule has 0 spiro atoms. The lowest BCUT2D eigenvalue weighted by molar-refractivity contribution is -0.125. The molecule has 1 fully saturated rings. The van der Waals surface area contributed by atoms with Crippen LogP contribution in [0.25, 0.3) is 0 Å². The van der Waals surface area contributed by atoms with Crippen LogP contribution in [0.2, 0.25) is 0 Å². The Balaban J connectivity index is 0.00000289. The Labute approximate surface area is 118 Å². The highest BCUT2D eigenvalue weighted by Crippen LogP contribution is 2.30. The van der Waals surface area contributed by atoms with E-state index in [-0.39, 0.29) is 30.3 Å². The van der Waals surface area contributed by atoms with Crippen molar-refractivity contribution in [3.8, 4) is 0 Å². The van der Waals surface area contributed by atoms with Gasteiger partial charge in [0.25, 0.3) is 0 Å². The molecule has 0 radical (unpaired) electrons. The van der Waals surface area contributed by atoms with Crippen molar-refractivity contribution >= 4 is 18.3 Å². The third-order valence-electron chi connectivity index (χ3n) is 4.31. The number of hydrogen-bond donors (Lipinski definition) is 2. The normalized spacial score (nSPS) is 26.9. The summed E-state index contributed by atoms with van der Waals surface area (Å²) in [6.07, 6.45) is 6.51. The van der Waals surface area contributed by atoms with Gasteiger partial charge in [0.1, 0.15) is 0 Å². The fourth-order valence-electron chi connectivity index (χ4n) is 2.49. The lowest BCUT2D eigenvalue weighted by Gasteiger charge is -2.28. The summed E-state index contributed by atoms with van der Waals surface area (Å²) in [5, 5.41) is 3.05. The van der Waals surface area contributed by atoms with Gasteiger partial charge in [-0.05, 0) is 31.6 Å². The number of rotatable bonds is 5. The first-order valence-corrected chi connectivity index (χ1v) is 7.07. The van der Waals surface area contributed by atoms with E-state index in [2.05, 4.69) is 12.2 Å². The van der Waals surface area contributed by atoms with Crippen LogP contribution in [0.15, 0.2) is 0 Å². The number of carbonyl (C=O) groups excluding carboxylic acids is 1. The van der Waals surface area contributed by atoms with Crippen LogP contribution in [0, 0.1) is 17.8 Å². The molecule has 0 saturated heterocycles. The van der Waals surface area contributed by atoms with Gasteiger partial charge < -0.3 is 11.1 Å². The second-order valence-electron chi connectivity index (χ2n) is 5.69. The Morgan fingerprint density at radius 3 is 2.17 bits per heavy atom. The van der Waals surface area contributed by atoms with E-state index in [1.165, 1.54) is 32.1 Å². The molecule has 1 aliphatic rings. The van der Waals surface area contributed by atoms with Crippen LogP contribution in [0.3, 0.4) is 0 Å². The second kappa shape index (κ2) is 8.76. The highest BCUT2D eigenvalue weighted by atomic mass is 35.5. The smallest absolute Gasteiger partial charge is 0.224 e. The standard InChI is InChI=1S/C14H28N2O.ClH/c1-4-12-5-7-13(8-6-12)9-16-14(17)10(2)11(3)15;/h10-13H,4-9,15H2,1-3H3,(H,16,17);1H. The zero-order chi connectivity index (χ0) is 12.8. The number of nitrogens with two attached hydrogens (primary N) is 1. The first-order chi connectivity index (χ1) is 8.04. The summed E-state index contributed by atoms with van der Waals surface area (Å²) in [6.45, 7) is 6.90. The van der Waals surface area contributed by atoms with E-state index < -0.39 is 0 Å². The number of amides is 1. The Bertz CT molecular complexity index is 238. The Morgan fingerprint density at radius 1 is 1.22 bits per heavy atom. The number of nitrogens with one attached hydrogen (secondary N) is 1. The summed E-state index contributed by atoms with van der Waals surface area (Å²) < 4.78 is 0. The van der Waals surface area contributed by atoms with Gasteiger partial charge in [-0.15, -0.1) is 12.4 Å². The van der Waals surface area contributed by atoms with Gasteiger partial charge in [-0.1, -0.05) is 33.1 Å². The van der Waals surface area contributed by atoms with Crippen LogP contribution in [0.4, 0.5) is 0 Å². The Morgan fingerprint density at radius 2 is 1.72 bits per heavy atom. The highest BCUT2D eigenvalue weighted by Gasteiger charge is 2.22. The van der Waals surface area contributed by atoms with E-state index in [0.29, 0.717) is 5.92 Å². The van der Waals surface area contributed by atoms with Crippen molar-refractivity contribution in [3.05, 3.63) is 0 Å². The monoisotopic (exact) mass is 276 g/mol. The van der Waals surface area contributed by atoms with Crippen LogP contribution >= 0.6 is 12.4 Å². The Kier molecular flexibility index (Phi) is 8.62. The van der Waals surface area contributed by atoms with Crippen molar-refractivity contribution in [2.24, 2.45) is 23.5 Å². The maximum Gasteiger partial charge on any atom is 0.224 e. The second-order valence-corrected chi connectivity index (χ2v) is 5.69. The number of carbonyl (C=O) groups is 1. The molecule has 0 aromatic carbocycles. The van der Waals surface area contributed by atoms with Crippen LogP contribution in [0.5, 0.6) is 0 Å². The maximum atomic E-state index is 11.8. The van der Waals surface area contributed by atoms with Gasteiger partial charge in [-0.3, -0.25) is 4.79 Å². The average Bonchev–Trinajstić information content (AvgIpc) is 2.35. The Hall–Kier alpha value is -0.280. The summed E-state index contributed by atoms with van der Waals surface area (Å²) in [5.74, 6) is 1.63. The van der Waals surface area contributed by atoms with Crippen molar-refractivity contribution in [3.63, 3.8) is 0 Å². The van der Waals surface area contributed by atoms with Crippen LogP contribution in [-0.2, 0) is 4.79 Å². The number of halogens is 1.